The predicted molar refractivity (Wildman–Crippen MR) is 65.0 cm³/mol. The average Bonchev–Trinajstić information content (AvgIpc) is 2.33. The minimum atomic E-state index is 0.522. The van der Waals surface area contributed by atoms with Crippen molar-refractivity contribution in [1.29, 1.82) is 0 Å². The minimum absolute atomic E-state index is 0.522. The molecule has 0 fully saturated rings. The van der Waals surface area contributed by atoms with Gasteiger partial charge in [0, 0.05) is 12.1 Å². The molecule has 3 heteroatoms. The fraction of sp³-hybridized carbons (Fsp3) is 0.154. The third-order valence-corrected chi connectivity index (χ3v) is 2.56. The molecular weight excluding hydrogens is 222 g/mol. The van der Waals surface area contributed by atoms with Gasteiger partial charge >= 0.3 is 0 Å². The molecule has 0 N–H and O–H groups in total. The van der Waals surface area contributed by atoms with Gasteiger partial charge in [-0.25, -0.2) is 0 Å². The van der Waals surface area contributed by atoms with E-state index in [0.717, 1.165) is 22.6 Å². The molecule has 0 saturated heterocycles. The van der Waals surface area contributed by atoms with Crippen molar-refractivity contribution in [2.45, 2.75) is 12.8 Å². The molecule has 0 atom stereocenters. The summed E-state index contributed by atoms with van der Waals surface area (Å²) < 4.78 is 5.70. The zero-order valence-electron chi connectivity index (χ0n) is 8.98. The molecule has 0 amide bonds. The summed E-state index contributed by atoms with van der Waals surface area (Å²) in [5, 5.41) is 0. The molecule has 2 nitrogen and oxygen atoms in total. The number of nitrogens with zero attached hydrogens (tertiary/aromatic N) is 1. The van der Waals surface area contributed by atoms with Crippen molar-refractivity contribution in [3.8, 4) is 11.5 Å². The van der Waals surface area contributed by atoms with Gasteiger partial charge in [-0.1, -0.05) is 12.1 Å². The summed E-state index contributed by atoms with van der Waals surface area (Å²) in [7, 11) is 0. The quantitative estimate of drug-likeness (QED) is 0.750. The van der Waals surface area contributed by atoms with E-state index < -0.39 is 0 Å². The first-order valence-electron chi connectivity index (χ1n) is 5.03. The smallest absolute Gasteiger partial charge is 0.145 e. The molecule has 16 heavy (non-hydrogen) atoms. The molecule has 0 aliphatic carbocycles. The van der Waals surface area contributed by atoms with Gasteiger partial charge in [-0.3, -0.25) is 4.98 Å². The highest BCUT2D eigenvalue weighted by Crippen LogP contribution is 2.25. The Labute approximate surface area is 99.9 Å². The summed E-state index contributed by atoms with van der Waals surface area (Å²) in [5.74, 6) is 2.10. The molecule has 0 aliphatic rings. The van der Waals surface area contributed by atoms with E-state index >= 15 is 0 Å². The van der Waals surface area contributed by atoms with Gasteiger partial charge in [-0.15, -0.1) is 11.6 Å². The van der Waals surface area contributed by atoms with Gasteiger partial charge in [0.2, 0.25) is 0 Å². The summed E-state index contributed by atoms with van der Waals surface area (Å²) in [6.45, 7) is 2.00. The van der Waals surface area contributed by atoms with Crippen molar-refractivity contribution in [1.82, 2.24) is 4.98 Å². The topological polar surface area (TPSA) is 22.1 Å². The number of benzene rings is 1. The second kappa shape index (κ2) is 4.99. The molecule has 2 aromatic rings. The van der Waals surface area contributed by atoms with Gasteiger partial charge in [-0.05, 0) is 36.2 Å². The van der Waals surface area contributed by atoms with Gasteiger partial charge < -0.3 is 4.74 Å². The summed E-state index contributed by atoms with van der Waals surface area (Å²) >= 11 is 5.76. The Hall–Kier alpha value is -1.54. The van der Waals surface area contributed by atoms with Crippen LogP contribution in [0.15, 0.2) is 42.7 Å². The maximum atomic E-state index is 5.76. The van der Waals surface area contributed by atoms with Gasteiger partial charge in [-0.2, -0.15) is 0 Å². The lowest BCUT2D eigenvalue weighted by Gasteiger charge is -2.08. The summed E-state index contributed by atoms with van der Waals surface area (Å²) in [5.41, 5.74) is 2.17. The fourth-order valence-electron chi connectivity index (χ4n) is 1.44. The first-order chi connectivity index (χ1) is 7.79. The highest BCUT2D eigenvalue weighted by molar-refractivity contribution is 6.17. The Balaban J connectivity index is 2.22. The molecule has 1 heterocycles. The van der Waals surface area contributed by atoms with Gasteiger partial charge in [0.1, 0.15) is 11.5 Å². The average molecular weight is 234 g/mol. The van der Waals surface area contributed by atoms with Crippen LogP contribution in [0.3, 0.4) is 0 Å². The van der Waals surface area contributed by atoms with Crippen molar-refractivity contribution in [3.63, 3.8) is 0 Å². The second-order valence-corrected chi connectivity index (χ2v) is 3.79. The predicted octanol–water partition coefficient (Wildman–Crippen LogP) is 3.92. The molecule has 0 unspecified atom stereocenters. The lowest BCUT2D eigenvalue weighted by Crippen LogP contribution is -1.89. The van der Waals surface area contributed by atoms with E-state index in [1.165, 1.54) is 0 Å². The molecule has 1 aromatic carbocycles. The third kappa shape index (κ3) is 2.52. The van der Waals surface area contributed by atoms with Crippen LogP contribution in [0.1, 0.15) is 11.1 Å². The third-order valence-electron chi connectivity index (χ3n) is 2.26. The van der Waals surface area contributed by atoms with Crippen LogP contribution in [0.4, 0.5) is 0 Å². The van der Waals surface area contributed by atoms with E-state index in [4.69, 9.17) is 16.3 Å². The van der Waals surface area contributed by atoms with Crippen molar-refractivity contribution >= 4 is 11.6 Å². The Bertz CT molecular complexity index is 471. The highest BCUT2D eigenvalue weighted by Gasteiger charge is 2.02. The largest absolute Gasteiger partial charge is 0.455 e. The van der Waals surface area contributed by atoms with Crippen LogP contribution < -0.4 is 4.74 Å². The zero-order chi connectivity index (χ0) is 11.4. The van der Waals surface area contributed by atoms with Crippen LogP contribution in [0.2, 0.25) is 0 Å². The minimum Gasteiger partial charge on any atom is -0.455 e. The molecule has 0 saturated carbocycles. The Morgan fingerprint density at radius 2 is 2.19 bits per heavy atom. The standard InChI is InChI=1S/C13H12ClNO/c1-10-7-11(8-14)4-5-13(10)16-12-3-2-6-15-9-12/h2-7,9H,8H2,1H3. The van der Waals surface area contributed by atoms with Crippen LogP contribution in [-0.4, -0.2) is 4.98 Å². The molecule has 82 valence electrons. The summed E-state index contributed by atoms with van der Waals surface area (Å²) in [4.78, 5) is 4.00. The maximum absolute atomic E-state index is 5.76. The van der Waals surface area contributed by atoms with Gasteiger partial charge in [0.05, 0.1) is 6.20 Å². The molecule has 1 aromatic heterocycles. The number of aryl methyl sites for hydroxylation is 1. The lowest BCUT2D eigenvalue weighted by atomic mass is 10.1. The molecule has 0 radical (unpaired) electrons. The first-order valence-corrected chi connectivity index (χ1v) is 5.56. The van der Waals surface area contributed by atoms with E-state index in [2.05, 4.69) is 4.98 Å². The van der Waals surface area contributed by atoms with E-state index in [1.54, 1.807) is 12.4 Å². The van der Waals surface area contributed by atoms with E-state index in [-0.39, 0.29) is 0 Å². The SMILES string of the molecule is Cc1cc(CCl)ccc1Oc1cccnc1. The number of aromatic nitrogens is 1. The summed E-state index contributed by atoms with van der Waals surface area (Å²) in [6, 6.07) is 9.64. The lowest BCUT2D eigenvalue weighted by molar-refractivity contribution is 0.476. The van der Waals surface area contributed by atoms with E-state index in [9.17, 15) is 0 Å². The molecule has 2 rings (SSSR count). The highest BCUT2D eigenvalue weighted by atomic mass is 35.5. The number of halogens is 1. The van der Waals surface area contributed by atoms with E-state index in [1.807, 2.05) is 37.3 Å². The number of pyridine rings is 1. The van der Waals surface area contributed by atoms with Crippen LogP contribution in [0, 0.1) is 6.92 Å². The molecular formula is C13H12ClNO. The van der Waals surface area contributed by atoms with Crippen LogP contribution >= 0.6 is 11.6 Å². The Morgan fingerprint density at radius 3 is 2.81 bits per heavy atom. The van der Waals surface area contributed by atoms with Crippen molar-refractivity contribution in [3.05, 3.63) is 53.9 Å². The molecule has 0 bridgehead atoms. The van der Waals surface area contributed by atoms with Crippen LogP contribution in [0.25, 0.3) is 0 Å². The maximum Gasteiger partial charge on any atom is 0.145 e. The van der Waals surface area contributed by atoms with Gasteiger partial charge in [0.25, 0.3) is 0 Å². The van der Waals surface area contributed by atoms with Crippen LogP contribution in [-0.2, 0) is 5.88 Å². The number of hydrogen-bond donors (Lipinski definition) is 0. The number of alkyl halides is 1. The molecule has 0 aliphatic heterocycles. The Kier molecular flexibility index (Phi) is 3.42. The van der Waals surface area contributed by atoms with Crippen molar-refractivity contribution < 1.29 is 4.74 Å². The summed E-state index contributed by atoms with van der Waals surface area (Å²) in [6.07, 6.45) is 3.41. The Morgan fingerprint density at radius 1 is 1.31 bits per heavy atom. The van der Waals surface area contributed by atoms with E-state index in [0.29, 0.717) is 5.88 Å². The zero-order valence-corrected chi connectivity index (χ0v) is 9.74. The van der Waals surface area contributed by atoms with Crippen LogP contribution in [0.5, 0.6) is 11.5 Å². The number of ether oxygens (including phenoxy) is 1. The molecule has 0 spiro atoms. The van der Waals surface area contributed by atoms with Gasteiger partial charge in [0.15, 0.2) is 0 Å². The monoisotopic (exact) mass is 233 g/mol. The number of rotatable bonds is 3. The normalized spacial score (nSPS) is 10.1. The first kappa shape index (κ1) is 11.0. The van der Waals surface area contributed by atoms with Crippen molar-refractivity contribution in [2.75, 3.05) is 0 Å². The second-order valence-electron chi connectivity index (χ2n) is 3.52. The van der Waals surface area contributed by atoms with Crippen molar-refractivity contribution in [2.24, 2.45) is 0 Å². The fourth-order valence-corrected chi connectivity index (χ4v) is 1.61. The number of hydrogen-bond acceptors (Lipinski definition) is 2.